The van der Waals surface area contributed by atoms with Crippen molar-refractivity contribution >= 4 is 31.6 Å². The molecular weight excluding hydrogens is 268 g/mol. The molecule has 3 nitrogen and oxygen atoms in total. The van der Waals surface area contributed by atoms with E-state index < -0.39 is 9.84 Å². The summed E-state index contributed by atoms with van der Waals surface area (Å²) in [5.74, 6) is 0.474. The number of sulfone groups is 1. The number of ketones is 1. The normalized spacial score (nSPS) is 11.6. The van der Waals surface area contributed by atoms with Crippen molar-refractivity contribution in [3.05, 3.63) is 0 Å². The molecular formula is C9H17BrO3S. The monoisotopic (exact) mass is 284 g/mol. The van der Waals surface area contributed by atoms with Crippen LogP contribution in [0.3, 0.4) is 0 Å². The van der Waals surface area contributed by atoms with Crippen LogP contribution in [0.4, 0.5) is 0 Å². The van der Waals surface area contributed by atoms with Crippen LogP contribution in [-0.2, 0) is 14.6 Å². The molecule has 0 aromatic rings. The number of carbonyl (C=O) groups is 1. The van der Waals surface area contributed by atoms with Crippen molar-refractivity contribution in [2.45, 2.75) is 32.6 Å². The minimum Gasteiger partial charge on any atom is -0.300 e. The number of rotatable bonds is 8. The number of alkyl halides is 1. The zero-order valence-electron chi connectivity index (χ0n) is 8.46. The third-order valence-corrected chi connectivity index (χ3v) is 4.29. The SMILES string of the molecule is CCS(=O)(=O)CCCC(=O)CCCBr. The largest absolute Gasteiger partial charge is 0.300 e. The van der Waals surface area contributed by atoms with Crippen LogP contribution in [0.25, 0.3) is 0 Å². The van der Waals surface area contributed by atoms with E-state index in [-0.39, 0.29) is 17.3 Å². The lowest BCUT2D eigenvalue weighted by Crippen LogP contribution is -2.10. The van der Waals surface area contributed by atoms with Gasteiger partial charge in [0.05, 0.1) is 5.75 Å². The van der Waals surface area contributed by atoms with Gasteiger partial charge in [-0.15, -0.1) is 0 Å². The van der Waals surface area contributed by atoms with Gasteiger partial charge in [-0.05, 0) is 12.8 Å². The second kappa shape index (κ2) is 7.40. The Hall–Kier alpha value is 0.1000. The number of Topliss-reactive ketones (excluding diaryl/α,β-unsaturated/α-hetero) is 1. The van der Waals surface area contributed by atoms with Gasteiger partial charge in [0.25, 0.3) is 0 Å². The molecule has 0 aliphatic heterocycles. The van der Waals surface area contributed by atoms with Crippen molar-refractivity contribution in [3.8, 4) is 0 Å². The fraction of sp³-hybridized carbons (Fsp3) is 0.889. The Kier molecular flexibility index (Phi) is 7.45. The van der Waals surface area contributed by atoms with E-state index in [9.17, 15) is 13.2 Å². The first-order valence-corrected chi connectivity index (χ1v) is 7.74. The van der Waals surface area contributed by atoms with Crippen molar-refractivity contribution in [1.29, 1.82) is 0 Å². The van der Waals surface area contributed by atoms with Gasteiger partial charge in [-0.25, -0.2) is 8.42 Å². The lowest BCUT2D eigenvalue weighted by atomic mass is 10.1. The van der Waals surface area contributed by atoms with E-state index in [4.69, 9.17) is 0 Å². The highest BCUT2D eigenvalue weighted by molar-refractivity contribution is 9.09. The summed E-state index contributed by atoms with van der Waals surface area (Å²) in [5, 5.41) is 0.825. The standard InChI is InChI=1S/C9H17BrO3S/c1-2-14(12,13)8-4-6-9(11)5-3-7-10/h2-8H2,1H3. The molecule has 84 valence electrons. The number of halogens is 1. The molecule has 0 heterocycles. The van der Waals surface area contributed by atoms with E-state index in [1.807, 2.05) is 0 Å². The molecule has 0 aliphatic rings. The molecule has 0 atom stereocenters. The summed E-state index contributed by atoms with van der Waals surface area (Å²) in [5.41, 5.74) is 0. The predicted octanol–water partition coefficient (Wildman–Crippen LogP) is 1.95. The Labute approximate surface area is 94.3 Å². The molecule has 0 bridgehead atoms. The van der Waals surface area contributed by atoms with Crippen molar-refractivity contribution in [2.75, 3.05) is 16.8 Å². The van der Waals surface area contributed by atoms with Gasteiger partial charge in [-0.3, -0.25) is 4.79 Å². The number of hydrogen-bond donors (Lipinski definition) is 0. The molecule has 0 aliphatic carbocycles. The lowest BCUT2D eigenvalue weighted by molar-refractivity contribution is -0.119. The molecule has 0 aromatic carbocycles. The Morgan fingerprint density at radius 1 is 1.21 bits per heavy atom. The molecule has 0 saturated carbocycles. The first-order chi connectivity index (χ1) is 6.52. The summed E-state index contributed by atoms with van der Waals surface area (Å²) in [6.45, 7) is 1.63. The van der Waals surface area contributed by atoms with Crippen molar-refractivity contribution < 1.29 is 13.2 Å². The molecule has 0 unspecified atom stereocenters. The smallest absolute Gasteiger partial charge is 0.150 e. The van der Waals surface area contributed by atoms with Crippen molar-refractivity contribution in [3.63, 3.8) is 0 Å². The summed E-state index contributed by atoms with van der Waals surface area (Å²) in [4.78, 5) is 11.2. The van der Waals surface area contributed by atoms with Gasteiger partial charge in [-0.2, -0.15) is 0 Å². The van der Waals surface area contributed by atoms with Crippen LogP contribution < -0.4 is 0 Å². The lowest BCUT2D eigenvalue weighted by Gasteiger charge is -2.00. The van der Waals surface area contributed by atoms with Gasteiger partial charge in [0, 0.05) is 23.9 Å². The van der Waals surface area contributed by atoms with Gasteiger partial charge >= 0.3 is 0 Å². The van der Waals surface area contributed by atoms with E-state index in [1.54, 1.807) is 6.92 Å². The molecule has 0 saturated heterocycles. The van der Waals surface area contributed by atoms with E-state index in [1.165, 1.54) is 0 Å². The van der Waals surface area contributed by atoms with Gasteiger partial charge < -0.3 is 0 Å². The van der Waals surface area contributed by atoms with Crippen molar-refractivity contribution in [1.82, 2.24) is 0 Å². The van der Waals surface area contributed by atoms with Crippen molar-refractivity contribution in [2.24, 2.45) is 0 Å². The maximum Gasteiger partial charge on any atom is 0.150 e. The van der Waals surface area contributed by atoms with Crippen LogP contribution in [-0.4, -0.2) is 31.0 Å². The summed E-state index contributed by atoms with van der Waals surface area (Å²) in [7, 11) is -2.90. The molecule has 0 aromatic heterocycles. The van der Waals surface area contributed by atoms with E-state index in [0.717, 1.165) is 11.8 Å². The number of hydrogen-bond acceptors (Lipinski definition) is 3. The van der Waals surface area contributed by atoms with Gasteiger partial charge in [0.2, 0.25) is 0 Å². The molecule has 0 radical (unpaired) electrons. The maximum atomic E-state index is 11.2. The van der Waals surface area contributed by atoms with Crippen LogP contribution in [0.15, 0.2) is 0 Å². The molecule has 0 spiro atoms. The second-order valence-electron chi connectivity index (χ2n) is 3.17. The van der Waals surface area contributed by atoms with E-state index in [2.05, 4.69) is 15.9 Å². The summed E-state index contributed by atoms with van der Waals surface area (Å²) >= 11 is 3.24. The number of carbonyl (C=O) groups excluding carboxylic acids is 1. The van der Waals surface area contributed by atoms with Crippen LogP contribution in [0.1, 0.15) is 32.6 Å². The fourth-order valence-corrected chi connectivity index (χ4v) is 2.18. The topological polar surface area (TPSA) is 51.2 Å². The van der Waals surface area contributed by atoms with E-state index >= 15 is 0 Å². The summed E-state index contributed by atoms with van der Waals surface area (Å²) in [6.07, 6.45) is 2.25. The Morgan fingerprint density at radius 3 is 2.29 bits per heavy atom. The Balaban J connectivity index is 3.59. The highest BCUT2D eigenvalue weighted by atomic mass is 79.9. The van der Waals surface area contributed by atoms with Crippen LogP contribution >= 0.6 is 15.9 Å². The Bertz CT molecular complexity index is 259. The third-order valence-electron chi connectivity index (χ3n) is 1.94. The van der Waals surface area contributed by atoms with Crippen LogP contribution in [0.5, 0.6) is 0 Å². The minimum atomic E-state index is -2.90. The first-order valence-electron chi connectivity index (χ1n) is 4.80. The first kappa shape index (κ1) is 14.1. The summed E-state index contributed by atoms with van der Waals surface area (Å²) < 4.78 is 22.2. The molecule has 0 rings (SSSR count). The van der Waals surface area contributed by atoms with Crippen LogP contribution in [0, 0.1) is 0 Å². The van der Waals surface area contributed by atoms with Gasteiger partial charge in [-0.1, -0.05) is 22.9 Å². The zero-order chi connectivity index (χ0) is 11.0. The van der Waals surface area contributed by atoms with Gasteiger partial charge in [0.1, 0.15) is 15.6 Å². The molecule has 0 fully saturated rings. The summed E-state index contributed by atoms with van der Waals surface area (Å²) in [6, 6.07) is 0. The third kappa shape index (κ3) is 7.50. The quantitative estimate of drug-likeness (QED) is 0.640. The zero-order valence-corrected chi connectivity index (χ0v) is 10.9. The van der Waals surface area contributed by atoms with Crippen LogP contribution in [0.2, 0.25) is 0 Å². The van der Waals surface area contributed by atoms with Gasteiger partial charge in [0.15, 0.2) is 0 Å². The fourth-order valence-electron chi connectivity index (χ4n) is 1.02. The Morgan fingerprint density at radius 2 is 1.79 bits per heavy atom. The second-order valence-corrected chi connectivity index (χ2v) is 6.44. The average molecular weight is 285 g/mol. The highest BCUT2D eigenvalue weighted by Crippen LogP contribution is 2.03. The maximum absolute atomic E-state index is 11.2. The highest BCUT2D eigenvalue weighted by Gasteiger charge is 2.08. The molecule has 0 amide bonds. The predicted molar refractivity (Wildman–Crippen MR) is 61.6 cm³/mol. The molecule has 14 heavy (non-hydrogen) atoms. The molecule has 5 heteroatoms. The van der Waals surface area contributed by atoms with E-state index in [0.29, 0.717) is 19.3 Å². The average Bonchev–Trinajstić information content (AvgIpc) is 2.14. The minimum absolute atomic E-state index is 0.142. The molecule has 0 N–H and O–H groups in total.